The molecule has 0 spiro atoms. The van der Waals surface area contributed by atoms with E-state index >= 15 is 0 Å². The molecule has 120 valence electrons. The number of hydrogen-bond donors (Lipinski definition) is 1. The first-order valence-corrected chi connectivity index (χ1v) is 9.15. The first kappa shape index (κ1) is 16.7. The molecule has 4 nitrogen and oxygen atoms in total. The van der Waals surface area contributed by atoms with Crippen LogP contribution in [0.25, 0.3) is 0 Å². The number of nitrogens with zero attached hydrogens (tertiary/aromatic N) is 3. The van der Waals surface area contributed by atoms with Crippen LogP contribution in [-0.4, -0.2) is 49.2 Å². The summed E-state index contributed by atoms with van der Waals surface area (Å²) in [5.41, 5.74) is 5.72. The number of anilines is 1. The summed E-state index contributed by atoms with van der Waals surface area (Å²) in [6.07, 6.45) is 5.70. The monoisotopic (exact) mass is 310 g/mol. The average molecular weight is 311 g/mol. The Balaban J connectivity index is 1.64. The van der Waals surface area contributed by atoms with E-state index in [1.165, 1.54) is 44.0 Å². The Kier molecular flexibility index (Phi) is 6.93. The Hall–Kier alpha value is -0.650. The summed E-state index contributed by atoms with van der Waals surface area (Å²) in [7, 11) is 0. The van der Waals surface area contributed by atoms with Crippen molar-refractivity contribution in [3.05, 3.63) is 11.6 Å². The van der Waals surface area contributed by atoms with Crippen LogP contribution in [0, 0.1) is 11.8 Å². The van der Waals surface area contributed by atoms with E-state index in [1.54, 1.807) is 11.3 Å². The molecule has 2 N–H and O–H groups in total. The fourth-order valence-electron chi connectivity index (χ4n) is 3.14. The summed E-state index contributed by atoms with van der Waals surface area (Å²) >= 11 is 1.75. The molecule has 1 aromatic heterocycles. The van der Waals surface area contributed by atoms with Gasteiger partial charge in [0.1, 0.15) is 0 Å². The highest BCUT2D eigenvalue weighted by molar-refractivity contribution is 7.13. The number of rotatable bonds is 8. The third kappa shape index (κ3) is 5.24. The zero-order chi connectivity index (χ0) is 15.1. The molecule has 0 radical (unpaired) electrons. The van der Waals surface area contributed by atoms with Crippen molar-refractivity contribution in [3.8, 4) is 0 Å². The van der Waals surface area contributed by atoms with Crippen LogP contribution in [0.1, 0.15) is 33.1 Å². The van der Waals surface area contributed by atoms with Crippen LogP contribution in [0.5, 0.6) is 0 Å². The predicted molar refractivity (Wildman–Crippen MR) is 92.0 cm³/mol. The van der Waals surface area contributed by atoms with Gasteiger partial charge in [0, 0.05) is 37.8 Å². The van der Waals surface area contributed by atoms with Gasteiger partial charge in [0.15, 0.2) is 5.13 Å². The van der Waals surface area contributed by atoms with E-state index in [2.05, 4.69) is 34.0 Å². The van der Waals surface area contributed by atoms with Gasteiger partial charge >= 0.3 is 0 Å². The van der Waals surface area contributed by atoms with Gasteiger partial charge in [-0.1, -0.05) is 13.8 Å². The van der Waals surface area contributed by atoms with Gasteiger partial charge in [0.05, 0.1) is 0 Å². The molecule has 2 heterocycles. The van der Waals surface area contributed by atoms with E-state index in [0.717, 1.165) is 31.5 Å². The van der Waals surface area contributed by atoms with E-state index < -0.39 is 0 Å². The van der Waals surface area contributed by atoms with Crippen molar-refractivity contribution in [1.82, 2.24) is 9.88 Å². The summed E-state index contributed by atoms with van der Waals surface area (Å²) < 4.78 is 0. The third-order valence-electron chi connectivity index (χ3n) is 4.59. The molecule has 0 saturated carbocycles. The van der Waals surface area contributed by atoms with E-state index in [1.807, 2.05) is 6.20 Å². The number of piperazine rings is 1. The highest BCUT2D eigenvalue weighted by atomic mass is 32.1. The van der Waals surface area contributed by atoms with E-state index in [4.69, 9.17) is 5.73 Å². The fourth-order valence-corrected chi connectivity index (χ4v) is 3.83. The topological polar surface area (TPSA) is 45.4 Å². The minimum Gasteiger partial charge on any atom is -0.346 e. The quantitative estimate of drug-likeness (QED) is 0.802. The molecular formula is C16H30N4S. The maximum atomic E-state index is 5.72. The molecule has 0 amide bonds. The molecule has 0 bridgehead atoms. The first-order valence-electron chi connectivity index (χ1n) is 8.27. The van der Waals surface area contributed by atoms with Crippen molar-refractivity contribution in [1.29, 1.82) is 0 Å². The lowest BCUT2D eigenvalue weighted by molar-refractivity contribution is 0.236. The molecule has 1 fully saturated rings. The lowest BCUT2D eigenvalue weighted by atomic mass is 9.88. The van der Waals surface area contributed by atoms with Gasteiger partial charge in [-0.3, -0.25) is 4.90 Å². The van der Waals surface area contributed by atoms with Crippen LogP contribution in [0.15, 0.2) is 11.6 Å². The highest BCUT2D eigenvalue weighted by Crippen LogP contribution is 2.22. The van der Waals surface area contributed by atoms with E-state index in [-0.39, 0.29) is 0 Å². The fraction of sp³-hybridized carbons (Fsp3) is 0.812. The third-order valence-corrected chi connectivity index (χ3v) is 5.42. The van der Waals surface area contributed by atoms with Crippen LogP contribution < -0.4 is 10.6 Å². The van der Waals surface area contributed by atoms with E-state index in [0.29, 0.717) is 0 Å². The lowest BCUT2D eigenvalue weighted by Gasteiger charge is -2.34. The van der Waals surface area contributed by atoms with Gasteiger partial charge in [-0.05, 0) is 44.2 Å². The molecule has 1 atom stereocenters. The summed E-state index contributed by atoms with van der Waals surface area (Å²) in [5.74, 6) is 1.56. The van der Waals surface area contributed by atoms with Crippen molar-refractivity contribution in [3.63, 3.8) is 0 Å². The van der Waals surface area contributed by atoms with Gasteiger partial charge in [-0.25, -0.2) is 4.98 Å². The molecule has 1 aliphatic heterocycles. The van der Waals surface area contributed by atoms with Crippen molar-refractivity contribution < 1.29 is 0 Å². The number of thiazole rings is 1. The normalized spacial score (nSPS) is 18.4. The zero-order valence-corrected chi connectivity index (χ0v) is 14.3. The summed E-state index contributed by atoms with van der Waals surface area (Å²) in [6, 6.07) is 0. The van der Waals surface area contributed by atoms with Crippen molar-refractivity contribution >= 4 is 16.5 Å². The van der Waals surface area contributed by atoms with E-state index in [9.17, 15) is 0 Å². The van der Waals surface area contributed by atoms with Crippen molar-refractivity contribution in [2.45, 2.75) is 33.1 Å². The van der Waals surface area contributed by atoms with Crippen molar-refractivity contribution in [2.75, 3.05) is 44.2 Å². The van der Waals surface area contributed by atoms with Crippen LogP contribution >= 0.6 is 11.3 Å². The van der Waals surface area contributed by atoms with Gasteiger partial charge < -0.3 is 10.6 Å². The van der Waals surface area contributed by atoms with Gasteiger partial charge in [-0.2, -0.15) is 0 Å². The first-order chi connectivity index (χ1) is 10.2. The SMILES string of the molecule is CC(C)C(CCN)CCCN1CCN(c2nccs2)CC1. The van der Waals surface area contributed by atoms with Gasteiger partial charge in [0.25, 0.3) is 0 Å². The molecular weight excluding hydrogens is 280 g/mol. The molecule has 5 heteroatoms. The molecule has 1 saturated heterocycles. The molecule has 0 aliphatic carbocycles. The van der Waals surface area contributed by atoms with Crippen molar-refractivity contribution in [2.24, 2.45) is 17.6 Å². The predicted octanol–water partition coefficient (Wildman–Crippen LogP) is 2.67. The Labute approximate surface area is 133 Å². The van der Waals surface area contributed by atoms with Crippen LogP contribution in [-0.2, 0) is 0 Å². The Morgan fingerprint density at radius 3 is 2.57 bits per heavy atom. The second-order valence-corrected chi connectivity index (χ2v) is 7.24. The zero-order valence-electron chi connectivity index (χ0n) is 13.5. The Morgan fingerprint density at radius 2 is 2.00 bits per heavy atom. The van der Waals surface area contributed by atoms with Crippen LogP contribution in [0.4, 0.5) is 5.13 Å². The number of aromatic nitrogens is 1. The second kappa shape index (κ2) is 8.71. The maximum absolute atomic E-state index is 5.72. The number of nitrogens with two attached hydrogens (primary N) is 1. The molecule has 1 aromatic rings. The maximum Gasteiger partial charge on any atom is 0.185 e. The Bertz CT molecular complexity index is 372. The second-order valence-electron chi connectivity index (χ2n) is 6.37. The summed E-state index contributed by atoms with van der Waals surface area (Å²) in [6.45, 7) is 11.3. The summed E-state index contributed by atoms with van der Waals surface area (Å²) in [4.78, 5) is 9.41. The molecule has 1 aliphatic rings. The largest absolute Gasteiger partial charge is 0.346 e. The highest BCUT2D eigenvalue weighted by Gasteiger charge is 2.19. The average Bonchev–Trinajstić information content (AvgIpc) is 3.01. The molecule has 1 unspecified atom stereocenters. The van der Waals surface area contributed by atoms with Crippen LogP contribution in [0.3, 0.4) is 0 Å². The number of hydrogen-bond acceptors (Lipinski definition) is 5. The smallest absolute Gasteiger partial charge is 0.185 e. The van der Waals surface area contributed by atoms with Gasteiger partial charge in [-0.15, -0.1) is 11.3 Å². The molecule has 2 rings (SSSR count). The summed E-state index contributed by atoms with van der Waals surface area (Å²) in [5, 5.41) is 3.24. The standard InChI is InChI=1S/C16H30N4S/c1-14(2)15(5-6-17)4-3-8-19-9-11-20(12-10-19)16-18-7-13-21-16/h7,13-15H,3-6,8-12,17H2,1-2H3. The molecule has 21 heavy (non-hydrogen) atoms. The minimum atomic E-state index is 0.760. The van der Waals surface area contributed by atoms with Gasteiger partial charge in [0.2, 0.25) is 0 Å². The van der Waals surface area contributed by atoms with Crippen LogP contribution in [0.2, 0.25) is 0 Å². The minimum absolute atomic E-state index is 0.760. The lowest BCUT2D eigenvalue weighted by Crippen LogP contribution is -2.46. The Morgan fingerprint density at radius 1 is 1.24 bits per heavy atom. The molecule has 0 aromatic carbocycles.